The van der Waals surface area contributed by atoms with Crippen molar-refractivity contribution < 1.29 is 17.9 Å². The lowest BCUT2D eigenvalue weighted by molar-refractivity contribution is -0.140. The van der Waals surface area contributed by atoms with Crippen LogP contribution in [0.5, 0.6) is 0 Å². The molecular formula is C8H13N3O4S. The van der Waals surface area contributed by atoms with Crippen molar-refractivity contribution >= 4 is 16.0 Å². The van der Waals surface area contributed by atoms with E-state index in [0.717, 1.165) is 4.31 Å². The fourth-order valence-corrected chi connectivity index (χ4v) is 2.39. The van der Waals surface area contributed by atoms with Crippen molar-refractivity contribution in [1.82, 2.24) is 14.3 Å². The number of aromatic nitrogens is 2. The Balaban J connectivity index is 2.92. The van der Waals surface area contributed by atoms with Gasteiger partial charge in [0.15, 0.2) is 5.03 Å². The number of ether oxygens (including phenoxy) is 1. The molecule has 90 valence electrons. The minimum atomic E-state index is -3.70. The van der Waals surface area contributed by atoms with Crippen LogP contribution in [0, 0.1) is 0 Å². The highest BCUT2D eigenvalue weighted by Gasteiger charge is 2.26. The summed E-state index contributed by atoms with van der Waals surface area (Å²) < 4.78 is 29.3. The van der Waals surface area contributed by atoms with Gasteiger partial charge < -0.3 is 9.72 Å². The first kappa shape index (κ1) is 12.7. The van der Waals surface area contributed by atoms with Gasteiger partial charge in [-0.15, -0.1) is 0 Å². The normalized spacial score (nSPS) is 11.7. The first-order valence-electron chi connectivity index (χ1n) is 4.57. The molecule has 0 atom stereocenters. The Hall–Kier alpha value is -1.41. The molecule has 16 heavy (non-hydrogen) atoms. The highest BCUT2D eigenvalue weighted by atomic mass is 32.2. The van der Waals surface area contributed by atoms with Gasteiger partial charge in [-0.2, -0.15) is 4.31 Å². The summed E-state index contributed by atoms with van der Waals surface area (Å²) in [7, 11) is -2.49. The Kier molecular flexibility index (Phi) is 4.02. The van der Waals surface area contributed by atoms with Gasteiger partial charge in [0.05, 0.1) is 19.6 Å². The molecule has 1 aromatic heterocycles. The third kappa shape index (κ3) is 2.58. The smallest absolute Gasteiger partial charge is 0.321 e. The van der Waals surface area contributed by atoms with Gasteiger partial charge in [-0.25, -0.2) is 13.4 Å². The predicted octanol–water partition coefficient (Wildman–Crippen LogP) is -0.407. The van der Waals surface area contributed by atoms with E-state index in [1.54, 1.807) is 6.92 Å². The van der Waals surface area contributed by atoms with Crippen molar-refractivity contribution in [1.29, 1.82) is 0 Å². The molecule has 1 heterocycles. The van der Waals surface area contributed by atoms with Gasteiger partial charge in [0.25, 0.3) is 10.0 Å². The molecule has 0 amide bonds. The van der Waals surface area contributed by atoms with E-state index < -0.39 is 16.0 Å². The number of H-pyrrole nitrogens is 1. The number of rotatable bonds is 5. The Bertz CT molecular complexity index is 440. The Morgan fingerprint density at radius 3 is 2.75 bits per heavy atom. The molecule has 0 aliphatic carbocycles. The molecule has 0 saturated carbocycles. The van der Waals surface area contributed by atoms with E-state index in [2.05, 4.69) is 14.7 Å². The number of esters is 1. The van der Waals surface area contributed by atoms with Crippen LogP contribution in [0.15, 0.2) is 17.6 Å². The molecule has 0 radical (unpaired) electrons. The Morgan fingerprint density at radius 2 is 2.31 bits per heavy atom. The first-order chi connectivity index (χ1) is 7.52. The van der Waals surface area contributed by atoms with Crippen molar-refractivity contribution in [2.45, 2.75) is 11.9 Å². The van der Waals surface area contributed by atoms with Crippen LogP contribution >= 0.6 is 0 Å². The number of hydrogen-bond donors (Lipinski definition) is 1. The van der Waals surface area contributed by atoms with E-state index >= 15 is 0 Å². The molecule has 7 nitrogen and oxygen atoms in total. The minimum Gasteiger partial charge on any atom is -0.468 e. The summed E-state index contributed by atoms with van der Waals surface area (Å²) in [5.74, 6) is -0.607. The summed E-state index contributed by atoms with van der Waals surface area (Å²) >= 11 is 0. The summed E-state index contributed by atoms with van der Waals surface area (Å²) in [6.45, 7) is 1.50. The van der Waals surface area contributed by atoms with Crippen LogP contribution in [-0.4, -0.2) is 48.9 Å². The second-order valence-corrected chi connectivity index (χ2v) is 4.83. The van der Waals surface area contributed by atoms with Crippen LogP contribution in [0.25, 0.3) is 0 Å². The van der Waals surface area contributed by atoms with Crippen LogP contribution in [0.1, 0.15) is 6.92 Å². The highest BCUT2D eigenvalue weighted by Crippen LogP contribution is 2.11. The number of likely N-dealkylation sites (N-methyl/N-ethyl adjacent to an activating group) is 1. The molecule has 0 spiro atoms. The monoisotopic (exact) mass is 247 g/mol. The van der Waals surface area contributed by atoms with Crippen LogP contribution in [0.4, 0.5) is 0 Å². The van der Waals surface area contributed by atoms with E-state index in [1.165, 1.54) is 19.6 Å². The quantitative estimate of drug-likeness (QED) is 0.714. The Labute approximate surface area is 93.5 Å². The average Bonchev–Trinajstić information content (AvgIpc) is 2.78. The van der Waals surface area contributed by atoms with E-state index in [4.69, 9.17) is 0 Å². The standard InChI is InChI=1S/C8H13N3O4S/c1-3-11(5-8(12)15-2)16(13,14)7-4-9-6-10-7/h4,6H,3,5H2,1-2H3,(H,9,10). The van der Waals surface area contributed by atoms with Crippen LogP contribution in [0.3, 0.4) is 0 Å². The topological polar surface area (TPSA) is 92.4 Å². The van der Waals surface area contributed by atoms with Gasteiger partial charge in [-0.05, 0) is 0 Å². The maximum absolute atomic E-state index is 11.9. The summed E-state index contributed by atoms with van der Waals surface area (Å²) in [5, 5.41) is -0.0433. The van der Waals surface area contributed by atoms with E-state index in [1.807, 2.05) is 0 Å². The zero-order valence-corrected chi connectivity index (χ0v) is 9.82. The molecule has 0 fully saturated rings. The number of aromatic amines is 1. The number of hydrogen-bond acceptors (Lipinski definition) is 5. The van der Waals surface area contributed by atoms with Crippen molar-refractivity contribution in [2.75, 3.05) is 20.2 Å². The lowest BCUT2D eigenvalue weighted by Crippen LogP contribution is -2.36. The van der Waals surface area contributed by atoms with Gasteiger partial charge in [-0.1, -0.05) is 6.92 Å². The fourth-order valence-electron chi connectivity index (χ4n) is 1.10. The van der Waals surface area contributed by atoms with Gasteiger partial charge in [0.2, 0.25) is 0 Å². The highest BCUT2D eigenvalue weighted by molar-refractivity contribution is 7.89. The zero-order valence-electron chi connectivity index (χ0n) is 9.00. The molecule has 1 rings (SSSR count). The molecule has 0 aromatic carbocycles. The lowest BCUT2D eigenvalue weighted by Gasteiger charge is -2.17. The SMILES string of the molecule is CCN(CC(=O)OC)S(=O)(=O)c1cnc[nH]1. The van der Waals surface area contributed by atoms with Gasteiger partial charge >= 0.3 is 5.97 Å². The second-order valence-electron chi connectivity index (χ2n) is 2.92. The number of nitrogens with one attached hydrogen (secondary N) is 1. The average molecular weight is 247 g/mol. The lowest BCUT2D eigenvalue weighted by atomic mass is 10.6. The third-order valence-corrected chi connectivity index (χ3v) is 3.82. The van der Waals surface area contributed by atoms with Crippen molar-refractivity contribution in [2.24, 2.45) is 0 Å². The van der Waals surface area contributed by atoms with E-state index in [0.29, 0.717) is 0 Å². The maximum atomic E-state index is 11.9. The van der Waals surface area contributed by atoms with Gasteiger partial charge in [0, 0.05) is 6.54 Å². The van der Waals surface area contributed by atoms with E-state index in [-0.39, 0.29) is 18.1 Å². The number of carbonyl (C=O) groups is 1. The summed E-state index contributed by atoms with van der Waals surface area (Å²) in [6.07, 6.45) is 2.45. The summed E-state index contributed by atoms with van der Waals surface area (Å²) in [5.41, 5.74) is 0. The van der Waals surface area contributed by atoms with Crippen LogP contribution < -0.4 is 0 Å². The molecular weight excluding hydrogens is 234 g/mol. The van der Waals surface area contributed by atoms with Crippen LogP contribution in [0.2, 0.25) is 0 Å². The molecule has 0 unspecified atom stereocenters. The van der Waals surface area contributed by atoms with E-state index in [9.17, 15) is 13.2 Å². The maximum Gasteiger partial charge on any atom is 0.321 e. The number of carbonyl (C=O) groups excluding carboxylic acids is 1. The van der Waals surface area contributed by atoms with Gasteiger partial charge in [-0.3, -0.25) is 4.79 Å². The molecule has 0 saturated heterocycles. The molecule has 0 aliphatic heterocycles. The molecule has 0 aliphatic rings. The molecule has 0 bridgehead atoms. The number of methoxy groups -OCH3 is 1. The van der Waals surface area contributed by atoms with Gasteiger partial charge in [0.1, 0.15) is 6.54 Å². The molecule has 8 heteroatoms. The third-order valence-electron chi connectivity index (χ3n) is 1.98. The largest absolute Gasteiger partial charge is 0.468 e. The molecule has 1 aromatic rings. The van der Waals surface area contributed by atoms with Crippen LogP contribution in [-0.2, 0) is 19.6 Å². The zero-order chi connectivity index (χ0) is 12.2. The Morgan fingerprint density at radius 1 is 1.62 bits per heavy atom. The number of nitrogens with zero attached hydrogens (tertiary/aromatic N) is 2. The second kappa shape index (κ2) is 5.08. The predicted molar refractivity (Wildman–Crippen MR) is 55.0 cm³/mol. The van der Waals surface area contributed by atoms with Crippen molar-refractivity contribution in [3.05, 3.63) is 12.5 Å². The molecule has 1 N–H and O–H groups in total. The number of sulfonamides is 1. The summed E-state index contributed by atoms with van der Waals surface area (Å²) in [4.78, 5) is 17.2. The minimum absolute atomic E-state index is 0.0433. The number of imidazole rings is 1. The first-order valence-corrected chi connectivity index (χ1v) is 6.01. The summed E-state index contributed by atoms with van der Waals surface area (Å²) in [6, 6.07) is 0. The van der Waals surface area contributed by atoms with Crippen molar-refractivity contribution in [3.63, 3.8) is 0 Å². The fraction of sp³-hybridized carbons (Fsp3) is 0.500. The van der Waals surface area contributed by atoms with Crippen molar-refractivity contribution in [3.8, 4) is 0 Å².